The molecule has 1 heterocycles. The molecule has 2 N–H and O–H groups in total. The van der Waals surface area contributed by atoms with Crippen LogP contribution >= 0.6 is 12.2 Å². The number of methoxy groups -OCH3 is 1. The Labute approximate surface area is 163 Å². The lowest BCUT2D eigenvalue weighted by molar-refractivity contribution is 0.389. The van der Waals surface area contributed by atoms with Crippen molar-refractivity contribution in [2.75, 3.05) is 12.4 Å². The van der Waals surface area contributed by atoms with Crippen molar-refractivity contribution in [1.82, 2.24) is 15.3 Å². The van der Waals surface area contributed by atoms with E-state index in [0.717, 1.165) is 5.56 Å². The number of hydrogen-bond acceptors (Lipinski definition) is 5. The predicted octanol–water partition coefficient (Wildman–Crippen LogP) is 4.33. The van der Waals surface area contributed by atoms with Crippen molar-refractivity contribution in [2.24, 2.45) is 0 Å². The van der Waals surface area contributed by atoms with Gasteiger partial charge in [-0.25, -0.2) is 0 Å². The highest BCUT2D eigenvalue weighted by atomic mass is 32.1. The summed E-state index contributed by atoms with van der Waals surface area (Å²) < 4.78 is 11.0. The Morgan fingerprint density at radius 3 is 2.26 bits per heavy atom. The summed E-state index contributed by atoms with van der Waals surface area (Å²) in [5.41, 5.74) is 1.13. The van der Waals surface area contributed by atoms with Gasteiger partial charge >= 0.3 is 0 Å². The molecule has 3 rings (SSSR count). The number of anilines is 1. The number of nitrogens with zero attached hydrogens (tertiary/aromatic N) is 2. The molecule has 7 heteroatoms. The zero-order valence-electron chi connectivity index (χ0n) is 15.0. The van der Waals surface area contributed by atoms with Crippen molar-refractivity contribution >= 4 is 23.3 Å². The fourth-order valence-electron chi connectivity index (χ4n) is 2.39. The van der Waals surface area contributed by atoms with Crippen LogP contribution in [0.2, 0.25) is 0 Å². The molecular weight excluding hydrogens is 360 g/mol. The predicted molar refractivity (Wildman–Crippen MR) is 109 cm³/mol. The molecule has 0 saturated carbocycles. The van der Waals surface area contributed by atoms with E-state index in [0.29, 0.717) is 22.6 Å². The molecule has 0 fully saturated rings. The van der Waals surface area contributed by atoms with Gasteiger partial charge in [-0.05, 0) is 36.8 Å². The van der Waals surface area contributed by atoms with Crippen molar-refractivity contribution in [3.8, 4) is 17.5 Å². The van der Waals surface area contributed by atoms with Crippen molar-refractivity contribution in [1.29, 1.82) is 0 Å². The van der Waals surface area contributed by atoms with Crippen LogP contribution in [-0.2, 0) is 0 Å². The van der Waals surface area contributed by atoms with Gasteiger partial charge in [0.05, 0.1) is 19.2 Å². The van der Waals surface area contributed by atoms with E-state index in [2.05, 4.69) is 20.6 Å². The first-order valence-electron chi connectivity index (χ1n) is 8.42. The number of rotatable bonds is 6. The Bertz CT molecular complexity index is 891. The average molecular weight is 380 g/mol. The van der Waals surface area contributed by atoms with Gasteiger partial charge in [-0.2, -0.15) is 9.97 Å². The summed E-state index contributed by atoms with van der Waals surface area (Å²) in [5.74, 6) is 1.69. The van der Waals surface area contributed by atoms with Gasteiger partial charge in [-0.1, -0.05) is 48.5 Å². The van der Waals surface area contributed by atoms with Gasteiger partial charge in [-0.15, -0.1) is 0 Å². The third-order valence-electron chi connectivity index (χ3n) is 3.73. The van der Waals surface area contributed by atoms with Gasteiger partial charge in [0.15, 0.2) is 5.11 Å². The lowest BCUT2D eigenvalue weighted by atomic mass is 10.1. The van der Waals surface area contributed by atoms with E-state index in [4.69, 9.17) is 21.7 Å². The lowest BCUT2D eigenvalue weighted by Crippen LogP contribution is -2.31. The molecule has 0 aliphatic carbocycles. The Kier molecular flexibility index (Phi) is 6.17. The molecule has 1 aromatic heterocycles. The maximum absolute atomic E-state index is 5.76. The van der Waals surface area contributed by atoms with Crippen LogP contribution in [0.5, 0.6) is 17.5 Å². The van der Waals surface area contributed by atoms with E-state index in [9.17, 15) is 0 Å². The summed E-state index contributed by atoms with van der Waals surface area (Å²) in [5, 5.41) is 6.60. The molecule has 138 valence electrons. The summed E-state index contributed by atoms with van der Waals surface area (Å²) >= 11 is 5.38. The standard InChI is InChI=1S/C20H20N4O2S/c1-14(15-9-5-3-6-10-15)21-20(27)24-19-22-17(25-2)13-18(23-19)26-16-11-7-4-8-12-16/h3-14H,1-2H3,(H2,21,22,23,24,27)/t14-/m0/s1. The molecule has 0 aliphatic rings. The SMILES string of the molecule is COc1cc(Oc2ccccc2)nc(NC(=S)N[C@@H](C)c2ccccc2)n1. The third kappa shape index (κ3) is 5.39. The number of benzene rings is 2. The molecule has 0 aliphatic heterocycles. The molecule has 0 bridgehead atoms. The Balaban J connectivity index is 1.70. The highest BCUT2D eigenvalue weighted by Crippen LogP contribution is 2.23. The lowest BCUT2D eigenvalue weighted by Gasteiger charge is -2.17. The first-order chi connectivity index (χ1) is 13.1. The first-order valence-corrected chi connectivity index (χ1v) is 8.83. The smallest absolute Gasteiger partial charge is 0.235 e. The van der Waals surface area contributed by atoms with Gasteiger partial charge in [0.1, 0.15) is 5.75 Å². The van der Waals surface area contributed by atoms with Crippen molar-refractivity contribution < 1.29 is 9.47 Å². The number of hydrogen-bond donors (Lipinski definition) is 2. The molecule has 0 unspecified atom stereocenters. The second-order valence-electron chi connectivity index (χ2n) is 5.72. The number of thiocarbonyl (C=S) groups is 1. The summed E-state index contributed by atoms with van der Waals surface area (Å²) in [6, 6.07) is 21.0. The van der Waals surface area contributed by atoms with Crippen LogP contribution in [0.4, 0.5) is 5.95 Å². The van der Waals surface area contributed by atoms with E-state index in [1.54, 1.807) is 6.07 Å². The number of para-hydroxylation sites is 1. The monoisotopic (exact) mass is 380 g/mol. The maximum atomic E-state index is 5.76. The normalized spacial score (nSPS) is 11.3. The summed E-state index contributed by atoms with van der Waals surface area (Å²) in [4.78, 5) is 8.61. The van der Waals surface area contributed by atoms with Crippen LogP contribution in [0, 0.1) is 0 Å². The topological polar surface area (TPSA) is 68.3 Å². The highest BCUT2D eigenvalue weighted by Gasteiger charge is 2.11. The van der Waals surface area contributed by atoms with E-state index in [1.165, 1.54) is 7.11 Å². The van der Waals surface area contributed by atoms with Gasteiger partial charge in [0.25, 0.3) is 0 Å². The fourth-order valence-corrected chi connectivity index (χ4v) is 2.65. The maximum Gasteiger partial charge on any atom is 0.235 e. The van der Waals surface area contributed by atoms with Crippen LogP contribution < -0.4 is 20.1 Å². The summed E-state index contributed by atoms with van der Waals surface area (Å²) in [6.07, 6.45) is 0. The van der Waals surface area contributed by atoms with E-state index < -0.39 is 0 Å². The first kappa shape index (κ1) is 18.6. The number of aromatic nitrogens is 2. The van der Waals surface area contributed by atoms with E-state index in [-0.39, 0.29) is 12.0 Å². The minimum Gasteiger partial charge on any atom is -0.481 e. The Morgan fingerprint density at radius 1 is 0.963 bits per heavy atom. The van der Waals surface area contributed by atoms with Crippen molar-refractivity contribution in [3.63, 3.8) is 0 Å². The van der Waals surface area contributed by atoms with E-state index in [1.807, 2.05) is 67.6 Å². The van der Waals surface area contributed by atoms with Crippen molar-refractivity contribution in [2.45, 2.75) is 13.0 Å². The largest absolute Gasteiger partial charge is 0.481 e. The molecule has 27 heavy (non-hydrogen) atoms. The molecule has 0 saturated heterocycles. The number of nitrogens with one attached hydrogen (secondary N) is 2. The van der Waals surface area contributed by atoms with Crippen LogP contribution in [0.3, 0.4) is 0 Å². The van der Waals surface area contributed by atoms with Crippen molar-refractivity contribution in [3.05, 3.63) is 72.3 Å². The second-order valence-corrected chi connectivity index (χ2v) is 6.13. The second kappa shape index (κ2) is 8.95. The zero-order chi connectivity index (χ0) is 19.1. The molecular formula is C20H20N4O2S. The zero-order valence-corrected chi connectivity index (χ0v) is 15.9. The van der Waals surface area contributed by atoms with Gasteiger partial charge < -0.3 is 20.1 Å². The minimum absolute atomic E-state index is 0.0387. The minimum atomic E-state index is 0.0387. The molecule has 3 aromatic rings. The van der Waals surface area contributed by atoms with Crippen LogP contribution in [0.25, 0.3) is 0 Å². The highest BCUT2D eigenvalue weighted by molar-refractivity contribution is 7.80. The Morgan fingerprint density at radius 2 is 1.59 bits per heavy atom. The molecule has 2 aromatic carbocycles. The summed E-state index contributed by atoms with van der Waals surface area (Å²) in [7, 11) is 1.53. The Hall–Kier alpha value is -3.19. The van der Waals surface area contributed by atoms with Gasteiger partial charge in [0, 0.05) is 0 Å². The molecule has 0 amide bonds. The quantitative estimate of drug-likeness (QED) is 0.617. The fraction of sp³-hybridized carbons (Fsp3) is 0.150. The molecule has 1 atom stereocenters. The number of ether oxygens (including phenoxy) is 2. The van der Waals surface area contributed by atoms with Crippen LogP contribution in [0.15, 0.2) is 66.7 Å². The summed E-state index contributed by atoms with van der Waals surface area (Å²) in [6.45, 7) is 2.03. The molecule has 0 spiro atoms. The van der Waals surface area contributed by atoms with E-state index >= 15 is 0 Å². The third-order valence-corrected chi connectivity index (χ3v) is 3.95. The van der Waals surface area contributed by atoms with Gasteiger partial charge in [0.2, 0.25) is 17.7 Å². The van der Waals surface area contributed by atoms with Crippen LogP contribution in [-0.4, -0.2) is 22.2 Å². The molecule has 0 radical (unpaired) electrons. The van der Waals surface area contributed by atoms with Crippen LogP contribution in [0.1, 0.15) is 18.5 Å². The van der Waals surface area contributed by atoms with Gasteiger partial charge in [-0.3, -0.25) is 0 Å². The average Bonchev–Trinajstić information content (AvgIpc) is 2.69. The molecule has 6 nitrogen and oxygen atoms in total.